The number of benzene rings is 3. The van der Waals surface area contributed by atoms with Crippen molar-refractivity contribution in [3.63, 3.8) is 0 Å². The third-order valence-corrected chi connectivity index (χ3v) is 7.66. The predicted octanol–water partition coefficient (Wildman–Crippen LogP) is 3.86. The molecule has 1 fully saturated rings. The van der Waals surface area contributed by atoms with Crippen LogP contribution in [0.15, 0.2) is 91.0 Å². The zero-order chi connectivity index (χ0) is 26.6. The molecule has 0 unspecified atom stereocenters. The summed E-state index contributed by atoms with van der Waals surface area (Å²) in [6, 6.07) is 30.1. The molecule has 4 rings (SSSR count). The largest absolute Gasteiger partial charge is 0.369 e. The SMILES string of the molecule is NC(=O)C(c1ccccc1)(c1ccccc1)[C@@H]1CCN(CCCCCNC(=O)CNCc2ccccc2)C1. The molecule has 1 aliphatic rings. The summed E-state index contributed by atoms with van der Waals surface area (Å²) in [6.07, 6.45) is 4.01. The summed E-state index contributed by atoms with van der Waals surface area (Å²) in [6.45, 7) is 4.51. The Balaban J connectivity index is 1.22. The van der Waals surface area contributed by atoms with Crippen molar-refractivity contribution >= 4 is 11.8 Å². The third kappa shape index (κ3) is 6.88. The Labute approximate surface area is 226 Å². The lowest BCUT2D eigenvalue weighted by Gasteiger charge is -2.37. The summed E-state index contributed by atoms with van der Waals surface area (Å²) in [5, 5.41) is 6.19. The second-order valence-corrected chi connectivity index (χ2v) is 10.2. The lowest BCUT2D eigenvalue weighted by molar-refractivity contribution is -0.124. The van der Waals surface area contributed by atoms with Crippen molar-refractivity contribution in [1.29, 1.82) is 0 Å². The first kappa shape index (κ1) is 27.6. The molecule has 0 aliphatic carbocycles. The molecule has 6 heteroatoms. The van der Waals surface area contributed by atoms with Crippen LogP contribution < -0.4 is 16.4 Å². The van der Waals surface area contributed by atoms with Gasteiger partial charge in [0.25, 0.3) is 0 Å². The van der Waals surface area contributed by atoms with Gasteiger partial charge in [0.1, 0.15) is 5.41 Å². The maximum atomic E-state index is 13.2. The van der Waals surface area contributed by atoms with Crippen LogP contribution in [0.3, 0.4) is 0 Å². The monoisotopic (exact) mass is 512 g/mol. The highest BCUT2D eigenvalue weighted by Gasteiger charge is 2.49. The highest BCUT2D eigenvalue weighted by molar-refractivity contribution is 5.91. The van der Waals surface area contributed by atoms with Gasteiger partial charge in [-0.3, -0.25) is 9.59 Å². The van der Waals surface area contributed by atoms with Gasteiger partial charge in [-0.2, -0.15) is 0 Å². The maximum Gasteiger partial charge on any atom is 0.233 e. The number of likely N-dealkylation sites (tertiary alicyclic amines) is 1. The number of amides is 2. The van der Waals surface area contributed by atoms with E-state index in [1.54, 1.807) is 0 Å². The average molecular weight is 513 g/mol. The molecule has 4 N–H and O–H groups in total. The fraction of sp³-hybridized carbons (Fsp3) is 0.375. The van der Waals surface area contributed by atoms with E-state index in [4.69, 9.17) is 5.73 Å². The minimum Gasteiger partial charge on any atom is -0.369 e. The van der Waals surface area contributed by atoms with E-state index in [0.717, 1.165) is 56.4 Å². The summed E-state index contributed by atoms with van der Waals surface area (Å²) in [4.78, 5) is 27.7. The van der Waals surface area contributed by atoms with E-state index in [2.05, 4.69) is 15.5 Å². The number of carbonyl (C=O) groups excluding carboxylic acids is 2. The Morgan fingerprint density at radius 2 is 1.45 bits per heavy atom. The van der Waals surface area contributed by atoms with Gasteiger partial charge in [0, 0.05) is 19.6 Å². The van der Waals surface area contributed by atoms with Crippen molar-refractivity contribution in [2.24, 2.45) is 11.7 Å². The number of carbonyl (C=O) groups is 2. The van der Waals surface area contributed by atoms with Gasteiger partial charge in [-0.05, 0) is 55.0 Å². The standard InChI is InChI=1S/C32H40N4O2/c33-31(38)32(27-15-7-2-8-16-27,28-17-9-3-10-18-28)29-19-22-36(25-29)21-12-4-11-20-35-30(37)24-34-23-26-13-5-1-6-14-26/h1-3,5-10,13-18,29,34H,4,11-12,19-25H2,(H2,33,38)(H,35,37)/t29-/m1/s1. The van der Waals surface area contributed by atoms with Crippen LogP contribution in [-0.4, -0.2) is 49.4 Å². The molecule has 3 aromatic rings. The fourth-order valence-electron chi connectivity index (χ4n) is 5.76. The lowest BCUT2D eigenvalue weighted by Crippen LogP contribution is -2.49. The van der Waals surface area contributed by atoms with Crippen molar-refractivity contribution < 1.29 is 9.59 Å². The zero-order valence-corrected chi connectivity index (χ0v) is 22.1. The summed E-state index contributed by atoms with van der Waals surface area (Å²) in [5.74, 6) is -0.129. The lowest BCUT2D eigenvalue weighted by atomic mass is 9.64. The van der Waals surface area contributed by atoms with Crippen molar-refractivity contribution in [3.05, 3.63) is 108 Å². The van der Waals surface area contributed by atoms with Crippen LogP contribution in [0.25, 0.3) is 0 Å². The van der Waals surface area contributed by atoms with Crippen LogP contribution in [-0.2, 0) is 21.5 Å². The minimum atomic E-state index is -0.837. The molecule has 1 aliphatic heterocycles. The van der Waals surface area contributed by atoms with E-state index in [1.165, 1.54) is 5.56 Å². The molecular weight excluding hydrogens is 472 g/mol. The first-order chi connectivity index (χ1) is 18.6. The van der Waals surface area contributed by atoms with Crippen LogP contribution >= 0.6 is 0 Å². The van der Waals surface area contributed by atoms with E-state index in [1.807, 2.05) is 91.0 Å². The van der Waals surface area contributed by atoms with Crippen molar-refractivity contribution in [1.82, 2.24) is 15.5 Å². The molecule has 0 radical (unpaired) electrons. The highest BCUT2D eigenvalue weighted by atomic mass is 16.2. The molecule has 0 bridgehead atoms. The van der Waals surface area contributed by atoms with Crippen molar-refractivity contribution in [2.75, 3.05) is 32.7 Å². The third-order valence-electron chi connectivity index (χ3n) is 7.66. The molecule has 1 saturated heterocycles. The van der Waals surface area contributed by atoms with Gasteiger partial charge < -0.3 is 21.3 Å². The molecule has 3 aromatic carbocycles. The second-order valence-electron chi connectivity index (χ2n) is 10.2. The highest BCUT2D eigenvalue weighted by Crippen LogP contribution is 2.43. The molecule has 38 heavy (non-hydrogen) atoms. The van der Waals surface area contributed by atoms with Crippen LogP contribution in [0.1, 0.15) is 42.4 Å². The number of hydrogen-bond donors (Lipinski definition) is 3. The number of nitrogens with two attached hydrogens (primary N) is 1. The Hall–Kier alpha value is -3.48. The number of hydrogen-bond acceptors (Lipinski definition) is 4. The molecule has 200 valence electrons. The molecule has 0 spiro atoms. The van der Waals surface area contributed by atoms with Gasteiger partial charge in [0.05, 0.1) is 6.54 Å². The van der Waals surface area contributed by atoms with E-state index in [9.17, 15) is 9.59 Å². The Morgan fingerprint density at radius 1 is 0.842 bits per heavy atom. The number of unbranched alkanes of at least 4 members (excludes halogenated alkanes) is 2. The predicted molar refractivity (Wildman–Crippen MR) is 152 cm³/mol. The van der Waals surface area contributed by atoms with Crippen LogP contribution in [0.4, 0.5) is 0 Å². The first-order valence-corrected chi connectivity index (χ1v) is 13.8. The fourth-order valence-corrected chi connectivity index (χ4v) is 5.76. The molecule has 6 nitrogen and oxygen atoms in total. The quantitative estimate of drug-likeness (QED) is 0.286. The van der Waals surface area contributed by atoms with E-state index < -0.39 is 5.41 Å². The Kier molecular flexibility index (Phi) is 10.1. The van der Waals surface area contributed by atoms with Gasteiger partial charge in [-0.1, -0.05) is 97.4 Å². The van der Waals surface area contributed by atoms with Crippen molar-refractivity contribution in [2.45, 2.75) is 37.6 Å². The van der Waals surface area contributed by atoms with Gasteiger partial charge in [0.2, 0.25) is 11.8 Å². The second kappa shape index (κ2) is 13.9. The van der Waals surface area contributed by atoms with Crippen LogP contribution in [0, 0.1) is 5.92 Å². The maximum absolute atomic E-state index is 13.2. The minimum absolute atomic E-state index is 0.0351. The molecule has 1 atom stereocenters. The van der Waals surface area contributed by atoms with Crippen LogP contribution in [0.2, 0.25) is 0 Å². The molecular formula is C32H40N4O2. The van der Waals surface area contributed by atoms with Crippen LogP contribution in [0.5, 0.6) is 0 Å². The summed E-state index contributed by atoms with van der Waals surface area (Å²) < 4.78 is 0. The number of nitrogens with one attached hydrogen (secondary N) is 2. The van der Waals surface area contributed by atoms with Gasteiger partial charge in [-0.25, -0.2) is 0 Å². The van der Waals surface area contributed by atoms with E-state index >= 15 is 0 Å². The topological polar surface area (TPSA) is 87.5 Å². The zero-order valence-electron chi connectivity index (χ0n) is 22.1. The summed E-state index contributed by atoms with van der Waals surface area (Å²) >= 11 is 0. The molecule has 0 saturated carbocycles. The van der Waals surface area contributed by atoms with Gasteiger partial charge in [-0.15, -0.1) is 0 Å². The molecule has 2 amide bonds. The number of rotatable bonds is 14. The summed E-state index contributed by atoms with van der Waals surface area (Å²) in [7, 11) is 0. The summed E-state index contributed by atoms with van der Waals surface area (Å²) in [5.41, 5.74) is 8.48. The van der Waals surface area contributed by atoms with Gasteiger partial charge in [0.15, 0.2) is 0 Å². The normalized spacial score (nSPS) is 15.8. The first-order valence-electron chi connectivity index (χ1n) is 13.8. The van der Waals surface area contributed by atoms with Crippen molar-refractivity contribution in [3.8, 4) is 0 Å². The molecule has 0 aromatic heterocycles. The molecule has 1 heterocycles. The smallest absolute Gasteiger partial charge is 0.233 e. The average Bonchev–Trinajstić information content (AvgIpc) is 3.41. The Morgan fingerprint density at radius 3 is 2.05 bits per heavy atom. The Bertz CT molecular complexity index is 1100. The number of primary amides is 1. The number of nitrogens with zero attached hydrogens (tertiary/aromatic N) is 1. The van der Waals surface area contributed by atoms with E-state index in [0.29, 0.717) is 19.6 Å². The van der Waals surface area contributed by atoms with E-state index in [-0.39, 0.29) is 17.7 Å². The van der Waals surface area contributed by atoms with Gasteiger partial charge >= 0.3 is 0 Å².